The minimum Gasteiger partial charge on any atom is -0.480 e. The topological polar surface area (TPSA) is 105 Å². The van der Waals surface area contributed by atoms with E-state index in [0.717, 1.165) is 0 Å². The van der Waals surface area contributed by atoms with Crippen molar-refractivity contribution in [2.45, 2.75) is 0 Å². The number of aliphatic carboxylic acids is 1. The van der Waals surface area contributed by atoms with E-state index < -0.39 is 10.9 Å². The molecular weight excluding hydrogens is 238 g/mol. The number of nitro benzene ring substituents is 1. The Hall–Kier alpha value is -2.70. The van der Waals surface area contributed by atoms with Crippen molar-refractivity contribution in [1.29, 1.82) is 0 Å². The van der Waals surface area contributed by atoms with E-state index >= 15 is 0 Å². The van der Waals surface area contributed by atoms with Gasteiger partial charge in [0.15, 0.2) is 0 Å². The lowest BCUT2D eigenvalue weighted by atomic mass is 10.1. The summed E-state index contributed by atoms with van der Waals surface area (Å²) >= 11 is 0. The molecule has 2 N–H and O–H groups in total. The molecule has 0 saturated heterocycles. The number of non-ortho nitro benzene ring substituents is 1. The summed E-state index contributed by atoms with van der Waals surface area (Å²) in [6.07, 6.45) is 1.40. The first-order valence-corrected chi connectivity index (χ1v) is 5.07. The molecule has 0 atom stereocenters. The summed E-state index contributed by atoms with van der Waals surface area (Å²) in [5.74, 6) is -0.710. The molecule has 0 aliphatic heterocycles. The Balaban J connectivity index is 2.53. The van der Waals surface area contributed by atoms with Crippen LogP contribution in [-0.4, -0.2) is 27.5 Å². The van der Waals surface area contributed by atoms with Gasteiger partial charge in [-0.3, -0.25) is 14.9 Å². The number of hydrogen-bond acceptors (Lipinski definition) is 5. The fourth-order valence-electron chi connectivity index (χ4n) is 1.65. The zero-order valence-electron chi connectivity index (χ0n) is 9.16. The summed E-state index contributed by atoms with van der Waals surface area (Å²) in [5.41, 5.74) is -0.0340. The van der Waals surface area contributed by atoms with Gasteiger partial charge in [-0.25, -0.2) is 4.98 Å². The van der Waals surface area contributed by atoms with Crippen molar-refractivity contribution in [2.75, 3.05) is 11.9 Å². The first kappa shape index (κ1) is 11.8. The van der Waals surface area contributed by atoms with Gasteiger partial charge >= 0.3 is 5.97 Å². The van der Waals surface area contributed by atoms with Crippen LogP contribution in [0.5, 0.6) is 0 Å². The maximum Gasteiger partial charge on any atom is 0.322 e. The van der Waals surface area contributed by atoms with E-state index in [0.29, 0.717) is 16.6 Å². The van der Waals surface area contributed by atoms with Crippen molar-refractivity contribution in [3.05, 3.63) is 40.6 Å². The molecule has 18 heavy (non-hydrogen) atoms. The number of rotatable bonds is 4. The molecular formula is C11H9N3O4. The van der Waals surface area contributed by atoms with E-state index in [1.807, 2.05) is 0 Å². The van der Waals surface area contributed by atoms with Gasteiger partial charge in [-0.05, 0) is 6.07 Å². The highest BCUT2D eigenvalue weighted by atomic mass is 16.6. The Labute approximate surface area is 101 Å². The molecule has 1 aromatic heterocycles. The average Bonchev–Trinajstić information content (AvgIpc) is 2.35. The molecule has 0 saturated carbocycles. The summed E-state index contributed by atoms with van der Waals surface area (Å²) < 4.78 is 0. The van der Waals surface area contributed by atoms with Crippen molar-refractivity contribution >= 4 is 28.2 Å². The van der Waals surface area contributed by atoms with Crippen LogP contribution in [-0.2, 0) is 4.79 Å². The minimum atomic E-state index is -1.03. The molecule has 0 bridgehead atoms. The van der Waals surface area contributed by atoms with Crippen LogP contribution in [0.15, 0.2) is 30.5 Å². The number of carbonyl (C=O) groups is 1. The van der Waals surface area contributed by atoms with Crippen LogP contribution in [0.2, 0.25) is 0 Å². The Morgan fingerprint density at radius 3 is 2.83 bits per heavy atom. The Bertz CT molecular complexity index is 627. The van der Waals surface area contributed by atoms with Crippen LogP contribution < -0.4 is 5.32 Å². The second-order valence-corrected chi connectivity index (χ2v) is 3.54. The molecule has 0 unspecified atom stereocenters. The largest absolute Gasteiger partial charge is 0.480 e. The van der Waals surface area contributed by atoms with Crippen LogP contribution in [0.4, 0.5) is 11.5 Å². The van der Waals surface area contributed by atoms with Crippen LogP contribution >= 0.6 is 0 Å². The predicted molar refractivity (Wildman–Crippen MR) is 64.5 cm³/mol. The van der Waals surface area contributed by atoms with E-state index in [4.69, 9.17) is 5.11 Å². The number of fused-ring (bicyclic) bond motifs is 1. The fraction of sp³-hybridized carbons (Fsp3) is 0.0909. The molecule has 1 aromatic carbocycles. The van der Waals surface area contributed by atoms with Crippen molar-refractivity contribution in [3.63, 3.8) is 0 Å². The van der Waals surface area contributed by atoms with Gasteiger partial charge in [0, 0.05) is 17.6 Å². The third-order valence-electron chi connectivity index (χ3n) is 2.39. The second-order valence-electron chi connectivity index (χ2n) is 3.54. The lowest BCUT2D eigenvalue weighted by Crippen LogP contribution is -2.13. The molecule has 2 rings (SSSR count). The van der Waals surface area contributed by atoms with Gasteiger partial charge in [0.2, 0.25) is 0 Å². The van der Waals surface area contributed by atoms with Crippen LogP contribution in [0.25, 0.3) is 10.8 Å². The summed E-state index contributed by atoms with van der Waals surface area (Å²) in [6.45, 7) is -0.297. The molecule has 2 aromatic rings. The zero-order valence-corrected chi connectivity index (χ0v) is 9.16. The number of carboxylic acid groups (broad SMARTS) is 1. The maximum absolute atomic E-state index is 10.9. The number of nitro groups is 1. The smallest absolute Gasteiger partial charge is 0.322 e. The molecule has 92 valence electrons. The monoisotopic (exact) mass is 247 g/mol. The lowest BCUT2D eigenvalue weighted by molar-refractivity contribution is -0.383. The van der Waals surface area contributed by atoms with Gasteiger partial charge < -0.3 is 10.4 Å². The Morgan fingerprint density at radius 1 is 1.39 bits per heavy atom. The first-order valence-electron chi connectivity index (χ1n) is 5.07. The van der Waals surface area contributed by atoms with E-state index in [-0.39, 0.29) is 12.2 Å². The number of pyridine rings is 1. The Kier molecular flexibility index (Phi) is 3.05. The van der Waals surface area contributed by atoms with Gasteiger partial charge in [-0.15, -0.1) is 0 Å². The Morgan fingerprint density at radius 2 is 2.17 bits per heavy atom. The quantitative estimate of drug-likeness (QED) is 0.628. The normalized spacial score (nSPS) is 10.2. The summed E-state index contributed by atoms with van der Waals surface area (Å²) in [7, 11) is 0. The molecule has 0 radical (unpaired) electrons. The number of nitrogens with zero attached hydrogens (tertiary/aromatic N) is 2. The second kappa shape index (κ2) is 4.66. The number of hydrogen-bond donors (Lipinski definition) is 2. The lowest BCUT2D eigenvalue weighted by Gasteiger charge is -2.06. The number of anilines is 1. The van der Waals surface area contributed by atoms with Crippen LogP contribution in [0.3, 0.4) is 0 Å². The highest BCUT2D eigenvalue weighted by Gasteiger charge is 2.13. The third kappa shape index (κ3) is 2.19. The third-order valence-corrected chi connectivity index (χ3v) is 2.39. The van der Waals surface area contributed by atoms with Gasteiger partial charge in [0.1, 0.15) is 12.4 Å². The minimum absolute atomic E-state index is 0.0340. The SMILES string of the molecule is O=C(O)CNc1nccc2c([N+](=O)[O-])cccc12. The molecule has 0 fully saturated rings. The van der Waals surface area contributed by atoms with Crippen molar-refractivity contribution in [1.82, 2.24) is 4.98 Å². The molecule has 7 heteroatoms. The van der Waals surface area contributed by atoms with Gasteiger partial charge in [0.25, 0.3) is 5.69 Å². The van der Waals surface area contributed by atoms with Gasteiger partial charge in [-0.1, -0.05) is 12.1 Å². The fourth-order valence-corrected chi connectivity index (χ4v) is 1.65. The van der Waals surface area contributed by atoms with Crippen molar-refractivity contribution in [3.8, 4) is 0 Å². The highest BCUT2D eigenvalue weighted by Crippen LogP contribution is 2.28. The molecule has 0 aliphatic rings. The van der Waals surface area contributed by atoms with Crippen molar-refractivity contribution in [2.24, 2.45) is 0 Å². The van der Waals surface area contributed by atoms with Crippen LogP contribution in [0, 0.1) is 10.1 Å². The molecule has 7 nitrogen and oxygen atoms in total. The molecule has 0 spiro atoms. The summed E-state index contributed by atoms with van der Waals surface area (Å²) in [6, 6.07) is 6.11. The number of nitrogens with one attached hydrogen (secondary N) is 1. The van der Waals surface area contributed by atoms with Gasteiger partial charge in [0.05, 0.1) is 10.3 Å². The van der Waals surface area contributed by atoms with Gasteiger partial charge in [-0.2, -0.15) is 0 Å². The maximum atomic E-state index is 10.9. The molecule has 0 aliphatic carbocycles. The first-order chi connectivity index (χ1) is 8.59. The zero-order chi connectivity index (χ0) is 13.1. The van der Waals surface area contributed by atoms with Crippen LogP contribution in [0.1, 0.15) is 0 Å². The molecule has 1 heterocycles. The summed E-state index contributed by atoms with van der Waals surface area (Å²) in [4.78, 5) is 24.8. The molecule has 0 amide bonds. The number of carboxylic acids is 1. The van der Waals surface area contributed by atoms with E-state index in [9.17, 15) is 14.9 Å². The van der Waals surface area contributed by atoms with E-state index in [1.165, 1.54) is 24.4 Å². The van der Waals surface area contributed by atoms with E-state index in [1.54, 1.807) is 6.07 Å². The highest BCUT2D eigenvalue weighted by molar-refractivity contribution is 5.98. The number of aromatic nitrogens is 1. The average molecular weight is 247 g/mol. The summed E-state index contributed by atoms with van der Waals surface area (Å²) in [5, 5.41) is 23.0. The predicted octanol–water partition coefficient (Wildman–Crippen LogP) is 1.64. The number of benzene rings is 1. The van der Waals surface area contributed by atoms with Crippen molar-refractivity contribution < 1.29 is 14.8 Å². The standard InChI is InChI=1S/C11H9N3O4/c15-10(16)6-13-11-8-2-1-3-9(14(17)18)7(8)4-5-12-11/h1-5H,6H2,(H,12,13)(H,15,16). The van der Waals surface area contributed by atoms with E-state index in [2.05, 4.69) is 10.3 Å².